The molecule has 0 aliphatic heterocycles. The predicted molar refractivity (Wildman–Crippen MR) is 133 cm³/mol. The van der Waals surface area contributed by atoms with Crippen LogP contribution in [0.25, 0.3) is 22.4 Å². The molecule has 1 unspecified atom stereocenters. The number of hydrogen-bond acceptors (Lipinski definition) is 7. The van der Waals surface area contributed by atoms with E-state index in [9.17, 15) is 4.79 Å². The summed E-state index contributed by atoms with van der Waals surface area (Å²) >= 11 is 1.99. The Hall–Kier alpha value is -2.52. The lowest BCUT2D eigenvalue weighted by molar-refractivity contribution is 0.0876. The molecule has 164 valence electrons. The molecule has 3 heterocycles. The first kappa shape index (κ1) is 21.3. The monoisotopic (exact) mass is 561 g/mol. The van der Waals surface area contributed by atoms with Gasteiger partial charge in [0.25, 0.3) is 5.91 Å². The van der Waals surface area contributed by atoms with Gasteiger partial charge in [-0.3, -0.25) is 7.91 Å². The Labute approximate surface area is 200 Å². The van der Waals surface area contributed by atoms with Crippen molar-refractivity contribution >= 4 is 60.2 Å². The minimum atomic E-state index is -0.203. The molecule has 3 aromatic heterocycles. The number of aromatic nitrogens is 3. The lowest BCUT2D eigenvalue weighted by atomic mass is 10.1. The molecule has 1 atom stereocenters. The predicted octanol–water partition coefficient (Wildman–Crippen LogP) is 4.64. The quantitative estimate of drug-likeness (QED) is 0.208. The molecule has 1 aliphatic carbocycles. The van der Waals surface area contributed by atoms with E-state index in [1.165, 1.54) is 6.33 Å². The molecule has 0 radical (unpaired) electrons. The minimum Gasteiger partial charge on any atom is -0.442 e. The summed E-state index contributed by atoms with van der Waals surface area (Å²) in [4.78, 5) is 22.0. The number of benzene rings is 1. The molecule has 32 heavy (non-hydrogen) atoms. The van der Waals surface area contributed by atoms with Crippen LogP contribution in [0.15, 0.2) is 45.6 Å². The Balaban J connectivity index is 1.41. The summed E-state index contributed by atoms with van der Waals surface area (Å²) < 4.78 is 12.8. The molecule has 0 spiro atoms. The van der Waals surface area contributed by atoms with Gasteiger partial charge in [0.2, 0.25) is 5.71 Å². The Morgan fingerprint density at radius 2 is 2.03 bits per heavy atom. The Kier molecular flexibility index (Phi) is 5.41. The van der Waals surface area contributed by atoms with Gasteiger partial charge in [0, 0.05) is 17.2 Å². The Bertz CT molecular complexity index is 1310. The van der Waals surface area contributed by atoms with Crippen molar-refractivity contribution in [1.29, 1.82) is 0 Å². The van der Waals surface area contributed by atoms with Gasteiger partial charge >= 0.3 is 0 Å². The highest BCUT2D eigenvalue weighted by molar-refractivity contribution is 14.1. The number of carbonyl (C=O) groups excluding carboxylic acids is 1. The summed E-state index contributed by atoms with van der Waals surface area (Å²) in [5, 5.41) is 9.30. The summed E-state index contributed by atoms with van der Waals surface area (Å²) in [6.45, 7) is 4.16. The fraction of sp³-hybridized carbons (Fsp3) is 0.273. The van der Waals surface area contributed by atoms with Crippen molar-refractivity contribution in [3.8, 4) is 11.3 Å². The number of carbonyl (C=O) groups is 1. The molecular weight excluding hydrogens is 540 g/mol. The zero-order valence-electron chi connectivity index (χ0n) is 17.6. The number of fused-ring (bicyclic) bond motifs is 1. The van der Waals surface area contributed by atoms with E-state index in [-0.39, 0.29) is 18.0 Å². The SMILES string of the molecule is Cc1oc2ncnc(NC3(C)CC3)c2c1C(=O)N(I)Cc1cc(-c2ccc(P)cc2)no1. The largest absolute Gasteiger partial charge is 0.442 e. The van der Waals surface area contributed by atoms with Gasteiger partial charge in [-0.25, -0.2) is 9.97 Å². The van der Waals surface area contributed by atoms with Crippen molar-refractivity contribution in [3.63, 3.8) is 0 Å². The molecule has 1 saturated carbocycles. The molecule has 10 heteroatoms. The summed E-state index contributed by atoms with van der Waals surface area (Å²) in [6.07, 6.45) is 3.57. The van der Waals surface area contributed by atoms with Crippen LogP contribution in [0, 0.1) is 6.92 Å². The molecule has 8 nitrogen and oxygen atoms in total. The molecule has 1 fully saturated rings. The fourth-order valence-corrected chi connectivity index (χ4v) is 4.27. The molecule has 0 saturated heterocycles. The van der Waals surface area contributed by atoms with Gasteiger partial charge in [0.15, 0.2) is 5.76 Å². The zero-order valence-corrected chi connectivity index (χ0v) is 20.9. The number of nitrogens with zero attached hydrogens (tertiary/aromatic N) is 4. The number of anilines is 1. The Morgan fingerprint density at radius 1 is 1.28 bits per heavy atom. The van der Waals surface area contributed by atoms with Crippen molar-refractivity contribution in [2.45, 2.75) is 38.8 Å². The van der Waals surface area contributed by atoms with Crippen molar-refractivity contribution in [2.24, 2.45) is 0 Å². The van der Waals surface area contributed by atoms with Gasteiger partial charge in [-0.1, -0.05) is 29.4 Å². The van der Waals surface area contributed by atoms with Crippen LogP contribution in [0.4, 0.5) is 5.82 Å². The van der Waals surface area contributed by atoms with Crippen LogP contribution in [0.5, 0.6) is 0 Å². The van der Waals surface area contributed by atoms with Gasteiger partial charge in [-0.15, -0.1) is 9.24 Å². The molecule has 5 rings (SSSR count). The van der Waals surface area contributed by atoms with Crippen LogP contribution in [0.2, 0.25) is 0 Å². The third kappa shape index (κ3) is 4.11. The molecule has 1 aliphatic rings. The minimum absolute atomic E-state index is 0.00168. The van der Waals surface area contributed by atoms with Crippen LogP contribution in [-0.2, 0) is 6.54 Å². The summed E-state index contributed by atoms with van der Waals surface area (Å²) in [6, 6.07) is 9.79. The first-order valence-electron chi connectivity index (χ1n) is 10.1. The number of halogens is 1. The number of nitrogens with one attached hydrogen (secondary N) is 1. The van der Waals surface area contributed by atoms with E-state index < -0.39 is 0 Å². The Morgan fingerprint density at radius 3 is 2.75 bits per heavy atom. The summed E-state index contributed by atoms with van der Waals surface area (Å²) in [5.41, 5.74) is 2.54. The average Bonchev–Trinajstić information content (AvgIpc) is 3.16. The normalized spacial score (nSPS) is 14.5. The highest BCUT2D eigenvalue weighted by atomic mass is 127. The van der Waals surface area contributed by atoms with E-state index in [2.05, 4.69) is 36.6 Å². The van der Waals surface area contributed by atoms with E-state index >= 15 is 0 Å². The van der Waals surface area contributed by atoms with Gasteiger partial charge in [0.05, 0.1) is 40.4 Å². The third-order valence-electron chi connectivity index (χ3n) is 5.58. The second-order valence-corrected chi connectivity index (χ2v) is 10.1. The zero-order chi connectivity index (χ0) is 22.5. The maximum atomic E-state index is 13.4. The highest BCUT2D eigenvalue weighted by Gasteiger charge is 2.38. The van der Waals surface area contributed by atoms with Gasteiger partial charge < -0.3 is 14.3 Å². The van der Waals surface area contributed by atoms with Gasteiger partial charge in [-0.05, 0) is 32.0 Å². The van der Waals surface area contributed by atoms with E-state index in [1.807, 2.05) is 53.2 Å². The van der Waals surface area contributed by atoms with Crippen LogP contribution in [-0.4, -0.2) is 29.7 Å². The van der Waals surface area contributed by atoms with Crippen molar-refractivity contribution < 1.29 is 13.7 Å². The molecule has 0 bridgehead atoms. The first-order valence-corrected chi connectivity index (χ1v) is 11.7. The van der Waals surface area contributed by atoms with Crippen molar-refractivity contribution in [2.75, 3.05) is 5.32 Å². The van der Waals surface area contributed by atoms with E-state index in [1.54, 1.807) is 10.0 Å². The van der Waals surface area contributed by atoms with Crippen molar-refractivity contribution in [1.82, 2.24) is 18.2 Å². The van der Waals surface area contributed by atoms with E-state index in [0.717, 1.165) is 29.4 Å². The number of amides is 1. The van der Waals surface area contributed by atoms with Gasteiger partial charge in [-0.2, -0.15) is 0 Å². The smallest absolute Gasteiger partial charge is 0.267 e. The van der Waals surface area contributed by atoms with Crippen LogP contribution >= 0.6 is 32.1 Å². The lowest BCUT2D eigenvalue weighted by Crippen LogP contribution is -2.22. The topological polar surface area (TPSA) is 97.3 Å². The molecule has 4 aromatic rings. The van der Waals surface area contributed by atoms with Crippen LogP contribution in [0.1, 0.15) is 41.6 Å². The highest BCUT2D eigenvalue weighted by Crippen LogP contribution is 2.40. The molecule has 1 amide bonds. The lowest BCUT2D eigenvalue weighted by Gasteiger charge is -2.15. The fourth-order valence-electron chi connectivity index (χ4n) is 3.50. The summed E-state index contributed by atoms with van der Waals surface area (Å²) in [7, 11) is 2.66. The summed E-state index contributed by atoms with van der Waals surface area (Å²) in [5.74, 6) is 1.51. The van der Waals surface area contributed by atoms with Gasteiger partial charge in [0.1, 0.15) is 23.6 Å². The average molecular weight is 561 g/mol. The third-order valence-corrected chi connectivity index (χ3v) is 6.74. The number of rotatable bonds is 6. The standard InChI is InChI=1S/C22H21IN5O3P/c1-12-17(18-19(26-22(2)7-8-22)24-11-25-20(18)30-12)21(29)28(23)10-14-9-16(27-31-14)13-3-5-15(32)6-4-13/h3-6,9,11H,7-8,10,32H2,1-2H3,(H,24,25,26). The molecule has 1 N–H and O–H groups in total. The number of aryl methyl sites for hydroxylation is 1. The van der Waals surface area contributed by atoms with Crippen LogP contribution in [0.3, 0.4) is 0 Å². The van der Waals surface area contributed by atoms with Crippen molar-refractivity contribution in [3.05, 3.63) is 53.7 Å². The van der Waals surface area contributed by atoms with Crippen LogP contribution < -0.4 is 10.6 Å². The maximum absolute atomic E-state index is 13.4. The molecule has 1 aromatic carbocycles. The van der Waals surface area contributed by atoms with E-state index in [4.69, 9.17) is 8.94 Å². The second kappa shape index (κ2) is 8.12. The maximum Gasteiger partial charge on any atom is 0.267 e. The number of furan rings is 1. The number of hydrogen-bond donors (Lipinski definition) is 1. The van der Waals surface area contributed by atoms with E-state index in [0.29, 0.717) is 34.0 Å². The second-order valence-electron chi connectivity index (χ2n) is 8.25. The first-order chi connectivity index (χ1) is 15.3. The molecular formula is C22H21IN5O3P.